The Morgan fingerprint density at radius 2 is 2.27 bits per heavy atom. The number of halogens is 1. The molecule has 0 amide bonds. The van der Waals surface area contributed by atoms with E-state index in [4.69, 9.17) is 22.6 Å². The lowest BCUT2D eigenvalue weighted by Crippen LogP contribution is -1.97. The van der Waals surface area contributed by atoms with Crippen molar-refractivity contribution in [1.82, 2.24) is 0 Å². The Hall–Kier alpha value is -2.06. The number of hydrogen-bond donors (Lipinski definition) is 1. The van der Waals surface area contributed by atoms with Crippen LogP contribution in [0, 0.1) is 21.4 Å². The Morgan fingerprint density at radius 1 is 1.60 bits per heavy atom. The summed E-state index contributed by atoms with van der Waals surface area (Å²) in [6.07, 6.45) is 1.09. The van der Waals surface area contributed by atoms with Gasteiger partial charge in [-0.05, 0) is 6.07 Å². The lowest BCUT2D eigenvalue weighted by atomic mass is 10.1. The topological polar surface area (TPSA) is 93.0 Å². The van der Waals surface area contributed by atoms with Crippen molar-refractivity contribution in [2.45, 2.75) is 0 Å². The van der Waals surface area contributed by atoms with Crippen LogP contribution < -0.4 is 5.73 Å². The predicted octanol–water partition coefficient (Wildman–Crippen LogP) is 2.07. The highest BCUT2D eigenvalue weighted by atomic mass is 35.5. The fraction of sp³-hybridized carbons (Fsp3) is 0. The molecule has 0 spiro atoms. The molecule has 0 radical (unpaired) electrons. The van der Waals surface area contributed by atoms with Crippen LogP contribution in [0.5, 0.6) is 0 Å². The molecule has 0 aliphatic heterocycles. The van der Waals surface area contributed by atoms with Crippen molar-refractivity contribution in [2.24, 2.45) is 5.73 Å². The average molecular weight is 224 g/mol. The molecule has 1 rings (SSSR count). The lowest BCUT2D eigenvalue weighted by molar-refractivity contribution is -0.384. The first kappa shape index (κ1) is 11.0. The highest BCUT2D eigenvalue weighted by Crippen LogP contribution is 2.23. The standard InChI is InChI=1S/C9H6ClN3O2/c10-7-3-6(9(12)1-2-11)4-8(5-7)13(14)15/h1,3-5H,12H2/b9-1+. The van der Waals surface area contributed by atoms with Gasteiger partial charge in [-0.3, -0.25) is 10.1 Å². The summed E-state index contributed by atoms with van der Waals surface area (Å²) in [4.78, 5) is 9.93. The van der Waals surface area contributed by atoms with Gasteiger partial charge in [-0.15, -0.1) is 0 Å². The Kier molecular flexibility index (Phi) is 3.26. The Balaban J connectivity index is 3.28. The fourth-order valence-electron chi connectivity index (χ4n) is 0.999. The Morgan fingerprint density at radius 3 is 2.80 bits per heavy atom. The molecule has 0 aliphatic rings. The number of hydrogen-bond acceptors (Lipinski definition) is 4. The predicted molar refractivity (Wildman–Crippen MR) is 55.9 cm³/mol. The van der Waals surface area contributed by atoms with Crippen LogP contribution in [-0.2, 0) is 0 Å². The molecule has 6 heteroatoms. The normalized spacial score (nSPS) is 10.8. The first-order chi connectivity index (χ1) is 7.04. The zero-order valence-electron chi connectivity index (χ0n) is 7.48. The number of benzene rings is 1. The number of nitrogens with zero attached hydrogens (tertiary/aromatic N) is 2. The number of non-ortho nitro benzene ring substituents is 1. The summed E-state index contributed by atoms with van der Waals surface area (Å²) < 4.78 is 0. The second kappa shape index (κ2) is 4.44. The maximum absolute atomic E-state index is 10.5. The summed E-state index contributed by atoms with van der Waals surface area (Å²) in [5.74, 6) is 0. The molecule has 0 saturated carbocycles. The lowest BCUT2D eigenvalue weighted by Gasteiger charge is -2.00. The van der Waals surface area contributed by atoms with E-state index in [2.05, 4.69) is 0 Å². The van der Waals surface area contributed by atoms with Gasteiger partial charge in [-0.25, -0.2) is 0 Å². The number of nitriles is 1. The monoisotopic (exact) mass is 223 g/mol. The third-order valence-electron chi connectivity index (χ3n) is 1.65. The van der Waals surface area contributed by atoms with Gasteiger partial charge < -0.3 is 5.73 Å². The molecular weight excluding hydrogens is 218 g/mol. The van der Waals surface area contributed by atoms with Crippen LogP contribution in [0.25, 0.3) is 5.70 Å². The minimum Gasteiger partial charge on any atom is -0.398 e. The zero-order chi connectivity index (χ0) is 11.4. The van der Waals surface area contributed by atoms with Gasteiger partial charge in [0.2, 0.25) is 0 Å². The minimum absolute atomic E-state index is 0.142. The van der Waals surface area contributed by atoms with Gasteiger partial charge in [-0.2, -0.15) is 5.26 Å². The maximum Gasteiger partial charge on any atom is 0.271 e. The molecule has 15 heavy (non-hydrogen) atoms. The van der Waals surface area contributed by atoms with E-state index in [-0.39, 0.29) is 16.4 Å². The second-order valence-electron chi connectivity index (χ2n) is 2.68. The molecule has 1 aromatic carbocycles. The van der Waals surface area contributed by atoms with Gasteiger partial charge in [0.25, 0.3) is 5.69 Å². The molecule has 0 aliphatic carbocycles. The molecule has 0 atom stereocenters. The van der Waals surface area contributed by atoms with E-state index in [0.717, 1.165) is 6.08 Å². The van der Waals surface area contributed by atoms with Crippen LogP contribution in [-0.4, -0.2) is 4.92 Å². The Bertz CT molecular complexity index is 477. The zero-order valence-corrected chi connectivity index (χ0v) is 8.23. The van der Waals surface area contributed by atoms with Crippen LogP contribution in [0.1, 0.15) is 5.56 Å². The number of nitro benzene ring substituents is 1. The van der Waals surface area contributed by atoms with Crippen LogP contribution in [0.15, 0.2) is 24.3 Å². The average Bonchev–Trinajstić information content (AvgIpc) is 2.17. The molecule has 0 fully saturated rings. The first-order valence-corrected chi connectivity index (χ1v) is 4.23. The highest BCUT2D eigenvalue weighted by Gasteiger charge is 2.09. The summed E-state index contributed by atoms with van der Waals surface area (Å²) in [5, 5.41) is 19.1. The van der Waals surface area contributed by atoms with Gasteiger partial charge in [0.05, 0.1) is 11.0 Å². The summed E-state index contributed by atoms with van der Waals surface area (Å²) in [6.45, 7) is 0. The smallest absolute Gasteiger partial charge is 0.271 e. The quantitative estimate of drug-likeness (QED) is 0.472. The summed E-state index contributed by atoms with van der Waals surface area (Å²) >= 11 is 5.67. The molecule has 76 valence electrons. The van der Waals surface area contributed by atoms with Crippen LogP contribution >= 0.6 is 11.6 Å². The Labute approximate surface area is 90.5 Å². The van der Waals surface area contributed by atoms with E-state index < -0.39 is 4.92 Å². The summed E-state index contributed by atoms with van der Waals surface area (Å²) in [6, 6.07) is 5.66. The van der Waals surface area contributed by atoms with E-state index in [1.807, 2.05) is 0 Å². The molecule has 0 heterocycles. The third-order valence-corrected chi connectivity index (χ3v) is 1.86. The third kappa shape index (κ3) is 2.69. The van der Waals surface area contributed by atoms with Crippen molar-refractivity contribution in [2.75, 3.05) is 0 Å². The van der Waals surface area contributed by atoms with Gasteiger partial charge in [0, 0.05) is 34.5 Å². The van der Waals surface area contributed by atoms with Crippen LogP contribution in [0.3, 0.4) is 0 Å². The van der Waals surface area contributed by atoms with Crippen molar-refractivity contribution in [3.8, 4) is 6.07 Å². The van der Waals surface area contributed by atoms with Crippen molar-refractivity contribution < 1.29 is 4.92 Å². The molecule has 2 N–H and O–H groups in total. The summed E-state index contributed by atoms with van der Waals surface area (Å²) in [5.41, 5.74) is 5.84. The molecule has 0 saturated heterocycles. The van der Waals surface area contributed by atoms with Gasteiger partial charge in [-0.1, -0.05) is 11.6 Å². The van der Waals surface area contributed by atoms with E-state index >= 15 is 0 Å². The SMILES string of the molecule is N#C/C=C(/N)c1cc(Cl)cc([N+](=O)[O-])c1. The van der Waals surface area contributed by atoms with Gasteiger partial charge in [0.1, 0.15) is 0 Å². The van der Waals surface area contributed by atoms with Gasteiger partial charge >= 0.3 is 0 Å². The molecule has 0 aromatic heterocycles. The highest BCUT2D eigenvalue weighted by molar-refractivity contribution is 6.31. The molecule has 5 nitrogen and oxygen atoms in total. The number of nitrogens with two attached hydrogens (primary N) is 1. The number of rotatable bonds is 2. The first-order valence-electron chi connectivity index (χ1n) is 3.85. The number of nitro groups is 1. The minimum atomic E-state index is -0.574. The fourth-order valence-corrected chi connectivity index (χ4v) is 1.23. The second-order valence-corrected chi connectivity index (χ2v) is 3.12. The molecule has 0 unspecified atom stereocenters. The number of allylic oxidation sites excluding steroid dienone is 1. The van der Waals surface area contributed by atoms with Crippen LogP contribution in [0.4, 0.5) is 5.69 Å². The van der Waals surface area contributed by atoms with E-state index in [1.165, 1.54) is 18.2 Å². The van der Waals surface area contributed by atoms with E-state index in [0.29, 0.717) is 5.56 Å². The van der Waals surface area contributed by atoms with Gasteiger partial charge in [0.15, 0.2) is 0 Å². The van der Waals surface area contributed by atoms with E-state index in [9.17, 15) is 10.1 Å². The van der Waals surface area contributed by atoms with Crippen molar-refractivity contribution in [1.29, 1.82) is 5.26 Å². The molecule has 0 bridgehead atoms. The van der Waals surface area contributed by atoms with Crippen molar-refractivity contribution in [3.63, 3.8) is 0 Å². The van der Waals surface area contributed by atoms with Crippen LogP contribution in [0.2, 0.25) is 5.02 Å². The molecule has 1 aromatic rings. The van der Waals surface area contributed by atoms with E-state index in [1.54, 1.807) is 6.07 Å². The molecular formula is C9H6ClN3O2. The van der Waals surface area contributed by atoms with Crippen molar-refractivity contribution >= 4 is 23.0 Å². The summed E-state index contributed by atoms with van der Waals surface area (Å²) in [7, 11) is 0. The largest absolute Gasteiger partial charge is 0.398 e. The van der Waals surface area contributed by atoms with Crippen molar-refractivity contribution in [3.05, 3.63) is 45.0 Å². The maximum atomic E-state index is 10.5.